The molecule has 82 valence electrons. The van der Waals surface area contributed by atoms with E-state index in [4.69, 9.17) is 0 Å². The minimum absolute atomic E-state index is 0.442. The van der Waals surface area contributed by atoms with Gasteiger partial charge in [-0.2, -0.15) is 13.2 Å². The molecule has 0 unspecified atom stereocenters. The molecule has 9 heteroatoms. The lowest BCUT2D eigenvalue weighted by atomic mass is 10.3. The topological polar surface area (TPSA) is 12.9 Å². The van der Waals surface area contributed by atoms with Crippen LogP contribution in [0.25, 0.3) is 0 Å². The fraction of sp³-hybridized carbons (Fsp3) is 0.167. The van der Waals surface area contributed by atoms with Crippen molar-refractivity contribution in [3.05, 3.63) is 17.8 Å². The van der Waals surface area contributed by atoms with E-state index in [2.05, 4.69) is 4.98 Å². The monoisotopic (exact) mass is 305 g/mol. The van der Waals surface area contributed by atoms with Crippen molar-refractivity contribution >= 4 is 51.1 Å². The summed E-state index contributed by atoms with van der Waals surface area (Å²) in [6.07, 6.45) is -4.36. The number of halogens is 3. The summed E-state index contributed by atoms with van der Waals surface area (Å²) in [5.74, 6) is 0. The van der Waals surface area contributed by atoms with Crippen molar-refractivity contribution in [3.8, 4) is 0 Å². The molecule has 0 radical (unpaired) electrons. The highest BCUT2D eigenvalue weighted by Gasteiger charge is 2.33. The lowest BCUT2D eigenvalue weighted by Gasteiger charge is -2.08. The lowest BCUT2D eigenvalue weighted by Crippen LogP contribution is -2.08. The van der Waals surface area contributed by atoms with Crippen molar-refractivity contribution in [2.45, 2.75) is 16.1 Å². The smallest absolute Gasteiger partial charge is 0.235 e. The van der Waals surface area contributed by atoms with Crippen LogP contribution in [-0.4, -0.2) is 4.98 Å². The predicted octanol–water partition coefficient (Wildman–Crippen LogP) is 5.16. The number of rotatable bonds is 0. The summed E-state index contributed by atoms with van der Waals surface area (Å²) in [5.41, 5.74) is -0.827. The molecular weight excluding hydrogens is 303 g/mol. The average Bonchev–Trinajstić information content (AvgIpc) is 2.39. The highest BCUT2D eigenvalue weighted by Crippen LogP contribution is 2.58. The third-order valence-electron chi connectivity index (χ3n) is 1.41. The molecular formula is C6H2F3NS5. The van der Waals surface area contributed by atoms with Crippen molar-refractivity contribution in [1.82, 2.24) is 4.98 Å². The molecule has 0 spiro atoms. The standard InChI is InChI=1S/C6H2F3NS5/c7-6(8,9)4-2-1-3-5(10-4)12-14-15-13-11-3/h1-2H. The van der Waals surface area contributed by atoms with Gasteiger partial charge in [-0.05, 0) is 63.2 Å². The van der Waals surface area contributed by atoms with Gasteiger partial charge >= 0.3 is 6.18 Å². The van der Waals surface area contributed by atoms with Gasteiger partial charge in [0.2, 0.25) is 0 Å². The number of alkyl halides is 3. The van der Waals surface area contributed by atoms with E-state index in [0.29, 0.717) is 5.03 Å². The number of pyridine rings is 1. The Morgan fingerprint density at radius 1 is 1.00 bits per heavy atom. The fourth-order valence-corrected chi connectivity index (χ4v) is 9.45. The molecule has 15 heavy (non-hydrogen) atoms. The molecule has 0 bridgehead atoms. The molecule has 0 atom stereocenters. The number of fused-ring (bicyclic) bond motifs is 1. The van der Waals surface area contributed by atoms with E-state index >= 15 is 0 Å². The van der Waals surface area contributed by atoms with E-state index in [-0.39, 0.29) is 0 Å². The quantitative estimate of drug-likeness (QED) is 0.610. The average molecular weight is 305 g/mol. The lowest BCUT2D eigenvalue weighted by molar-refractivity contribution is -0.141. The van der Waals surface area contributed by atoms with Gasteiger partial charge < -0.3 is 0 Å². The van der Waals surface area contributed by atoms with Crippen LogP contribution in [0, 0.1) is 0 Å². The fourth-order valence-electron chi connectivity index (χ4n) is 0.817. The second-order valence-electron chi connectivity index (χ2n) is 2.37. The zero-order valence-corrected chi connectivity index (χ0v) is 10.9. The molecule has 0 aliphatic carbocycles. The van der Waals surface area contributed by atoms with Gasteiger partial charge in [0.25, 0.3) is 0 Å². The van der Waals surface area contributed by atoms with Crippen LogP contribution in [-0.2, 0) is 6.18 Å². The molecule has 2 rings (SSSR count). The molecule has 0 aromatic carbocycles. The van der Waals surface area contributed by atoms with E-state index in [0.717, 1.165) is 11.0 Å². The zero-order valence-electron chi connectivity index (χ0n) is 6.78. The Morgan fingerprint density at radius 3 is 2.47 bits per heavy atom. The van der Waals surface area contributed by atoms with E-state index in [1.807, 2.05) is 0 Å². The Kier molecular flexibility index (Phi) is 3.98. The summed E-state index contributed by atoms with van der Waals surface area (Å²) in [6, 6.07) is 2.50. The maximum absolute atomic E-state index is 12.4. The molecule has 1 aliphatic heterocycles. The minimum Gasteiger partial charge on any atom is -0.235 e. The van der Waals surface area contributed by atoms with Gasteiger partial charge in [-0.15, -0.1) is 0 Å². The van der Waals surface area contributed by atoms with Crippen LogP contribution in [0.1, 0.15) is 5.69 Å². The minimum atomic E-state index is -4.36. The first-order chi connectivity index (χ1) is 7.07. The first-order valence-electron chi connectivity index (χ1n) is 3.50. The maximum Gasteiger partial charge on any atom is 0.433 e. The van der Waals surface area contributed by atoms with E-state index in [9.17, 15) is 13.2 Å². The molecule has 0 amide bonds. The Hall–Kier alpha value is 0.690. The number of hydrogen-bond acceptors (Lipinski definition) is 6. The first-order valence-corrected chi connectivity index (χ1v) is 9.65. The Balaban J connectivity index is 2.36. The van der Waals surface area contributed by atoms with Crippen LogP contribution in [0.4, 0.5) is 13.2 Å². The van der Waals surface area contributed by atoms with Gasteiger partial charge in [-0.1, -0.05) is 0 Å². The zero-order chi connectivity index (χ0) is 10.9. The Morgan fingerprint density at radius 2 is 1.73 bits per heavy atom. The van der Waals surface area contributed by atoms with Crippen molar-refractivity contribution in [3.63, 3.8) is 0 Å². The third kappa shape index (κ3) is 3.09. The summed E-state index contributed by atoms with van der Waals surface area (Å²) in [5, 5.41) is 0.442. The Bertz CT molecular complexity index is 368. The van der Waals surface area contributed by atoms with Crippen LogP contribution in [0.2, 0.25) is 0 Å². The predicted molar refractivity (Wildman–Crippen MR) is 63.7 cm³/mol. The van der Waals surface area contributed by atoms with Gasteiger partial charge in [-0.25, -0.2) is 4.98 Å². The van der Waals surface area contributed by atoms with Crippen molar-refractivity contribution in [1.29, 1.82) is 0 Å². The molecule has 1 aromatic heterocycles. The SMILES string of the molecule is FC(F)(F)c1ccc2c(n1)SSSSS2. The number of nitrogens with zero attached hydrogens (tertiary/aromatic N) is 1. The van der Waals surface area contributed by atoms with Crippen molar-refractivity contribution in [2.75, 3.05) is 0 Å². The molecule has 1 nitrogen and oxygen atoms in total. The highest BCUT2D eigenvalue weighted by atomic mass is 33.8. The second kappa shape index (κ2) is 4.91. The normalized spacial score (nSPS) is 17.0. The van der Waals surface area contributed by atoms with Gasteiger partial charge in [0.05, 0.1) is 4.90 Å². The molecule has 1 aromatic rings. The summed E-state index contributed by atoms with van der Waals surface area (Å²) >= 11 is 0. The van der Waals surface area contributed by atoms with Crippen molar-refractivity contribution < 1.29 is 13.2 Å². The van der Waals surface area contributed by atoms with Crippen LogP contribution < -0.4 is 0 Å². The first kappa shape index (κ1) is 12.2. The molecule has 0 saturated carbocycles. The largest absolute Gasteiger partial charge is 0.433 e. The van der Waals surface area contributed by atoms with Gasteiger partial charge in [-0.3, -0.25) is 0 Å². The maximum atomic E-state index is 12.4. The van der Waals surface area contributed by atoms with Crippen LogP contribution in [0.3, 0.4) is 0 Å². The number of aromatic nitrogens is 1. The third-order valence-corrected chi connectivity index (χ3v) is 9.74. The summed E-state index contributed by atoms with van der Waals surface area (Å²) in [4.78, 5) is 4.40. The summed E-state index contributed by atoms with van der Waals surface area (Å²) < 4.78 is 37.1. The van der Waals surface area contributed by atoms with Crippen LogP contribution in [0.5, 0.6) is 0 Å². The van der Waals surface area contributed by atoms with Gasteiger partial charge in [0.1, 0.15) is 10.7 Å². The molecule has 2 heterocycles. The van der Waals surface area contributed by atoms with Gasteiger partial charge in [0, 0.05) is 0 Å². The molecule has 0 N–H and O–H groups in total. The second-order valence-corrected chi connectivity index (χ2v) is 9.84. The molecule has 1 aliphatic rings. The van der Waals surface area contributed by atoms with Crippen molar-refractivity contribution in [2.24, 2.45) is 0 Å². The highest BCUT2D eigenvalue weighted by molar-refractivity contribution is 9.36. The summed E-state index contributed by atoms with van der Waals surface area (Å²) in [6.45, 7) is 0. The van der Waals surface area contributed by atoms with Gasteiger partial charge in [0.15, 0.2) is 0 Å². The van der Waals surface area contributed by atoms with Crippen LogP contribution in [0.15, 0.2) is 22.1 Å². The summed E-state index contributed by atoms with van der Waals surface area (Å²) in [7, 11) is 7.18. The number of hydrogen-bond donors (Lipinski definition) is 0. The van der Waals surface area contributed by atoms with E-state index in [1.165, 1.54) is 57.1 Å². The van der Waals surface area contributed by atoms with Crippen LogP contribution >= 0.6 is 51.1 Å². The Labute approximate surface area is 103 Å². The molecule has 0 saturated heterocycles. The molecule has 0 fully saturated rings. The van der Waals surface area contributed by atoms with E-state index in [1.54, 1.807) is 0 Å². The van der Waals surface area contributed by atoms with E-state index < -0.39 is 11.9 Å².